The van der Waals surface area contributed by atoms with Crippen molar-refractivity contribution in [1.82, 2.24) is 15.1 Å². The Labute approximate surface area is 212 Å². The van der Waals surface area contributed by atoms with E-state index in [2.05, 4.69) is 26.7 Å². The molecule has 0 spiro atoms. The predicted octanol–water partition coefficient (Wildman–Crippen LogP) is 3.87. The van der Waals surface area contributed by atoms with Crippen molar-refractivity contribution in [1.29, 1.82) is 5.26 Å². The number of nitrogens with zero attached hydrogens (tertiary/aromatic N) is 4. The zero-order valence-corrected chi connectivity index (χ0v) is 20.2. The van der Waals surface area contributed by atoms with Crippen molar-refractivity contribution in [2.24, 2.45) is 0 Å². The number of benzene rings is 2. The number of nitrogens with one attached hydrogen (secondary N) is 2. The number of carbonyl (C=O) groups excluding carboxylic acids is 1. The molecule has 0 atom stereocenters. The van der Waals surface area contributed by atoms with E-state index in [1.54, 1.807) is 19.1 Å². The molecule has 1 amide bonds. The van der Waals surface area contributed by atoms with E-state index in [0.717, 1.165) is 43.8 Å². The summed E-state index contributed by atoms with van der Waals surface area (Å²) in [6.07, 6.45) is -1.29. The Morgan fingerprint density at radius 3 is 2.51 bits per heavy atom. The SMILES string of the molecule is Cc1c(C(=O)Nc2ccc(N3CCC(NCCO)CC3)c(C#N)c2)cnn1-c1ccc(C(F)(F)F)cc1. The summed E-state index contributed by atoms with van der Waals surface area (Å²) in [6, 6.07) is 12.2. The molecule has 8 nitrogen and oxygen atoms in total. The van der Waals surface area contributed by atoms with E-state index in [4.69, 9.17) is 5.11 Å². The Bertz CT molecular complexity index is 1290. The van der Waals surface area contributed by atoms with Gasteiger partial charge < -0.3 is 20.6 Å². The van der Waals surface area contributed by atoms with E-state index in [0.29, 0.717) is 35.2 Å². The molecular formula is C26H27F3N6O2. The van der Waals surface area contributed by atoms with Gasteiger partial charge in [0.05, 0.1) is 46.6 Å². The first kappa shape index (κ1) is 26.2. The van der Waals surface area contributed by atoms with Crippen molar-refractivity contribution in [3.05, 3.63) is 71.0 Å². The number of aliphatic hydroxyl groups is 1. The molecule has 0 radical (unpaired) electrons. The predicted molar refractivity (Wildman–Crippen MR) is 133 cm³/mol. The van der Waals surface area contributed by atoms with Crippen molar-refractivity contribution in [3.63, 3.8) is 0 Å². The molecule has 3 aromatic rings. The van der Waals surface area contributed by atoms with E-state index in [1.165, 1.54) is 23.0 Å². The Balaban J connectivity index is 1.45. The van der Waals surface area contributed by atoms with E-state index in [1.807, 2.05) is 6.07 Å². The fourth-order valence-electron chi connectivity index (χ4n) is 4.46. The van der Waals surface area contributed by atoms with Gasteiger partial charge in [0.15, 0.2) is 0 Å². The Kier molecular flexibility index (Phi) is 7.80. The highest BCUT2D eigenvalue weighted by molar-refractivity contribution is 6.05. The number of amides is 1. The molecule has 194 valence electrons. The fourth-order valence-corrected chi connectivity index (χ4v) is 4.46. The molecule has 1 aliphatic rings. The van der Waals surface area contributed by atoms with Crippen LogP contribution in [0, 0.1) is 18.3 Å². The van der Waals surface area contributed by atoms with Gasteiger partial charge in [-0.25, -0.2) is 4.68 Å². The molecule has 0 bridgehead atoms. The third kappa shape index (κ3) is 5.93. The molecule has 0 saturated carbocycles. The number of halogens is 3. The van der Waals surface area contributed by atoms with Crippen LogP contribution in [0.25, 0.3) is 5.69 Å². The van der Waals surface area contributed by atoms with Gasteiger partial charge in [-0.05, 0) is 62.2 Å². The minimum absolute atomic E-state index is 0.0986. The first-order valence-electron chi connectivity index (χ1n) is 11.9. The second-order valence-corrected chi connectivity index (χ2v) is 8.84. The summed E-state index contributed by atoms with van der Waals surface area (Å²) in [5.74, 6) is -0.442. The number of aromatic nitrogens is 2. The zero-order chi connectivity index (χ0) is 26.6. The van der Waals surface area contributed by atoms with Crippen molar-refractivity contribution >= 4 is 17.3 Å². The van der Waals surface area contributed by atoms with Gasteiger partial charge in [0.2, 0.25) is 0 Å². The lowest BCUT2D eigenvalue weighted by atomic mass is 10.0. The molecule has 11 heteroatoms. The van der Waals surface area contributed by atoms with E-state index in [9.17, 15) is 23.2 Å². The molecule has 3 N–H and O–H groups in total. The van der Waals surface area contributed by atoms with Crippen LogP contribution in [0.4, 0.5) is 24.5 Å². The number of hydrogen-bond acceptors (Lipinski definition) is 6. The zero-order valence-electron chi connectivity index (χ0n) is 20.2. The number of hydrogen-bond donors (Lipinski definition) is 3. The minimum Gasteiger partial charge on any atom is -0.395 e. The van der Waals surface area contributed by atoms with Crippen molar-refractivity contribution in [2.75, 3.05) is 36.5 Å². The Morgan fingerprint density at radius 1 is 1.19 bits per heavy atom. The van der Waals surface area contributed by atoms with Crippen molar-refractivity contribution in [3.8, 4) is 11.8 Å². The topological polar surface area (TPSA) is 106 Å². The van der Waals surface area contributed by atoms with Crippen LogP contribution in [-0.4, -0.2) is 53.1 Å². The number of piperidine rings is 1. The average Bonchev–Trinajstić information content (AvgIpc) is 3.28. The first-order chi connectivity index (χ1) is 17.7. The molecule has 1 aromatic heterocycles. The summed E-state index contributed by atoms with van der Waals surface area (Å²) >= 11 is 0. The maximum atomic E-state index is 12.9. The smallest absolute Gasteiger partial charge is 0.395 e. The van der Waals surface area contributed by atoms with Gasteiger partial charge in [-0.15, -0.1) is 0 Å². The molecule has 4 rings (SSSR count). The molecule has 1 saturated heterocycles. The lowest BCUT2D eigenvalue weighted by Crippen LogP contribution is -2.43. The summed E-state index contributed by atoms with van der Waals surface area (Å²) in [7, 11) is 0. The van der Waals surface area contributed by atoms with Crippen molar-refractivity contribution in [2.45, 2.75) is 32.0 Å². The molecule has 2 heterocycles. The third-order valence-corrected chi connectivity index (χ3v) is 6.45. The summed E-state index contributed by atoms with van der Waals surface area (Å²) in [6.45, 7) is 3.85. The van der Waals surface area contributed by atoms with Crippen LogP contribution >= 0.6 is 0 Å². The molecule has 1 fully saturated rings. The monoisotopic (exact) mass is 512 g/mol. The highest BCUT2D eigenvalue weighted by Crippen LogP contribution is 2.30. The number of aliphatic hydroxyl groups excluding tert-OH is 1. The van der Waals surface area contributed by atoms with Crippen LogP contribution in [-0.2, 0) is 6.18 Å². The summed E-state index contributed by atoms with van der Waals surface area (Å²) in [5.41, 5.74) is 2.05. The van der Waals surface area contributed by atoms with Crippen LogP contribution in [0.5, 0.6) is 0 Å². The maximum absolute atomic E-state index is 12.9. The third-order valence-electron chi connectivity index (χ3n) is 6.45. The van der Waals surface area contributed by atoms with E-state index >= 15 is 0 Å². The van der Waals surface area contributed by atoms with Crippen LogP contribution in [0.3, 0.4) is 0 Å². The standard InChI is InChI=1S/C26H27F3N6O2/c1-17-23(16-32-35(17)22-5-2-19(3-6-22)26(27,28)29)25(37)33-21-4-7-24(18(14-21)15-30)34-11-8-20(9-12-34)31-10-13-36/h2-7,14,16,20,31,36H,8-13H2,1H3,(H,33,37). The molecular weight excluding hydrogens is 485 g/mol. The van der Waals surface area contributed by atoms with Gasteiger partial charge in [0.25, 0.3) is 5.91 Å². The molecule has 0 unspecified atom stereocenters. The van der Waals surface area contributed by atoms with Gasteiger partial charge in [0, 0.05) is 31.4 Å². The number of alkyl halides is 3. The minimum atomic E-state index is -4.44. The Hall–Kier alpha value is -3.88. The lowest BCUT2D eigenvalue weighted by Gasteiger charge is -2.34. The number of carbonyl (C=O) groups is 1. The highest BCUT2D eigenvalue weighted by Gasteiger charge is 2.30. The maximum Gasteiger partial charge on any atom is 0.416 e. The molecule has 2 aromatic carbocycles. The van der Waals surface area contributed by atoms with Gasteiger partial charge in [-0.3, -0.25) is 4.79 Å². The lowest BCUT2D eigenvalue weighted by molar-refractivity contribution is -0.137. The summed E-state index contributed by atoms with van der Waals surface area (Å²) < 4.78 is 40.0. The van der Waals surface area contributed by atoms with Crippen molar-refractivity contribution < 1.29 is 23.1 Å². The summed E-state index contributed by atoms with van der Waals surface area (Å²) in [5, 5.41) is 29.0. The highest BCUT2D eigenvalue weighted by atomic mass is 19.4. The molecule has 37 heavy (non-hydrogen) atoms. The largest absolute Gasteiger partial charge is 0.416 e. The van der Waals surface area contributed by atoms with Gasteiger partial charge >= 0.3 is 6.18 Å². The molecule has 1 aliphatic heterocycles. The fraction of sp³-hybridized carbons (Fsp3) is 0.346. The van der Waals surface area contributed by atoms with Gasteiger partial charge in [0.1, 0.15) is 6.07 Å². The average molecular weight is 513 g/mol. The van der Waals surface area contributed by atoms with Crippen LogP contribution in [0.2, 0.25) is 0 Å². The van der Waals surface area contributed by atoms with Gasteiger partial charge in [-0.1, -0.05) is 0 Å². The number of anilines is 2. The molecule has 0 aliphatic carbocycles. The summed E-state index contributed by atoms with van der Waals surface area (Å²) in [4.78, 5) is 15.1. The van der Waals surface area contributed by atoms with Crippen LogP contribution in [0.15, 0.2) is 48.7 Å². The quantitative estimate of drug-likeness (QED) is 0.444. The van der Waals surface area contributed by atoms with Crippen LogP contribution in [0.1, 0.15) is 40.0 Å². The first-order valence-corrected chi connectivity index (χ1v) is 11.9. The normalized spacial score (nSPS) is 14.4. The van der Waals surface area contributed by atoms with Crippen LogP contribution < -0.4 is 15.5 Å². The Morgan fingerprint density at radius 2 is 1.89 bits per heavy atom. The number of nitriles is 1. The second kappa shape index (κ2) is 11.0. The number of rotatable bonds is 7. The van der Waals surface area contributed by atoms with E-state index < -0.39 is 17.6 Å². The van der Waals surface area contributed by atoms with E-state index in [-0.39, 0.29) is 12.2 Å². The second-order valence-electron chi connectivity index (χ2n) is 8.84. The van der Waals surface area contributed by atoms with Gasteiger partial charge in [-0.2, -0.15) is 23.5 Å².